The molecule has 0 saturated heterocycles. The number of hydrogen-bond donors (Lipinski definition) is 0. The minimum Gasteiger partial charge on any atom is -0.425 e. The molecule has 0 unspecified atom stereocenters. The van der Waals surface area contributed by atoms with E-state index in [1.54, 1.807) is 13.8 Å². The first kappa shape index (κ1) is 16.4. The van der Waals surface area contributed by atoms with Crippen molar-refractivity contribution in [3.8, 4) is 5.75 Å². The molecule has 0 aliphatic rings. The van der Waals surface area contributed by atoms with Crippen LogP contribution in [0.1, 0.15) is 50.9 Å². The van der Waals surface area contributed by atoms with Crippen molar-refractivity contribution >= 4 is 16.9 Å². The summed E-state index contributed by atoms with van der Waals surface area (Å²) in [7, 11) is 0. The lowest BCUT2D eigenvalue weighted by atomic mass is 9.86. The smallest absolute Gasteiger partial charge is 0.310 e. The summed E-state index contributed by atoms with van der Waals surface area (Å²) in [6.07, 6.45) is 0.268. The van der Waals surface area contributed by atoms with Gasteiger partial charge in [0.05, 0.1) is 0 Å². The highest BCUT2D eigenvalue weighted by Gasteiger charge is 2.21. The van der Waals surface area contributed by atoms with Crippen LogP contribution in [0.4, 0.5) is 4.39 Å². The molecular weight excluding hydrogens is 281 g/mol. The molecule has 1 aromatic heterocycles. The largest absolute Gasteiger partial charge is 0.425 e. The summed E-state index contributed by atoms with van der Waals surface area (Å²) in [6.45, 7) is 11.4. The minimum atomic E-state index is -0.390. The van der Waals surface area contributed by atoms with Crippen LogP contribution < -0.4 is 4.74 Å². The maximum absolute atomic E-state index is 14.5. The van der Waals surface area contributed by atoms with Crippen molar-refractivity contribution < 1.29 is 13.9 Å². The standard InChI is InChI=1S/C18H22FNO2/c1-7-15(21)22-17-10(2)11(3)20-16-13(17)8-12(9-14(16)19)18(4,5)6/h8-9H,7H2,1-6H3. The summed E-state index contributed by atoms with van der Waals surface area (Å²) in [5.74, 6) is -0.310. The van der Waals surface area contributed by atoms with Crippen LogP contribution in [-0.2, 0) is 10.2 Å². The molecule has 1 heterocycles. The van der Waals surface area contributed by atoms with E-state index < -0.39 is 0 Å². The summed E-state index contributed by atoms with van der Waals surface area (Å²) in [6, 6.07) is 3.38. The third-order valence-corrected chi connectivity index (χ3v) is 3.84. The van der Waals surface area contributed by atoms with Gasteiger partial charge in [0.2, 0.25) is 0 Å². The fourth-order valence-corrected chi connectivity index (χ4v) is 2.25. The molecule has 4 heteroatoms. The monoisotopic (exact) mass is 303 g/mol. The molecule has 0 bridgehead atoms. The Balaban J connectivity index is 2.82. The fraction of sp³-hybridized carbons (Fsp3) is 0.444. The van der Waals surface area contributed by atoms with Gasteiger partial charge >= 0.3 is 5.97 Å². The minimum absolute atomic E-state index is 0.208. The first-order chi connectivity index (χ1) is 10.1. The lowest BCUT2D eigenvalue weighted by Gasteiger charge is -2.21. The van der Waals surface area contributed by atoms with Gasteiger partial charge in [-0.3, -0.25) is 4.79 Å². The molecule has 0 saturated carbocycles. The Bertz CT molecular complexity index is 745. The summed E-state index contributed by atoms with van der Waals surface area (Å²) in [5, 5.41) is 0.551. The number of carbonyl (C=O) groups is 1. The van der Waals surface area contributed by atoms with E-state index in [0.717, 1.165) is 11.1 Å². The van der Waals surface area contributed by atoms with Gasteiger partial charge in [0.25, 0.3) is 0 Å². The molecule has 0 aliphatic carbocycles. The molecule has 22 heavy (non-hydrogen) atoms. The van der Waals surface area contributed by atoms with Crippen LogP contribution in [0.2, 0.25) is 0 Å². The highest BCUT2D eigenvalue weighted by Crippen LogP contribution is 2.35. The topological polar surface area (TPSA) is 39.2 Å². The maximum Gasteiger partial charge on any atom is 0.310 e. The van der Waals surface area contributed by atoms with Crippen LogP contribution in [0.5, 0.6) is 5.75 Å². The highest BCUT2D eigenvalue weighted by molar-refractivity contribution is 5.90. The van der Waals surface area contributed by atoms with Gasteiger partial charge in [0, 0.05) is 23.1 Å². The Labute approximate surface area is 130 Å². The molecule has 0 spiro atoms. The average Bonchev–Trinajstić information content (AvgIpc) is 2.43. The zero-order valence-electron chi connectivity index (χ0n) is 14.0. The van der Waals surface area contributed by atoms with Crippen molar-refractivity contribution in [2.45, 2.75) is 53.4 Å². The molecule has 2 aromatic rings. The van der Waals surface area contributed by atoms with Crippen LogP contribution in [0, 0.1) is 19.7 Å². The second-order valence-electron chi connectivity index (χ2n) is 6.58. The van der Waals surface area contributed by atoms with Gasteiger partial charge in [0.15, 0.2) is 0 Å². The molecule has 0 atom stereocenters. The lowest BCUT2D eigenvalue weighted by molar-refractivity contribution is -0.133. The molecule has 0 amide bonds. The van der Waals surface area contributed by atoms with E-state index in [9.17, 15) is 9.18 Å². The Morgan fingerprint density at radius 2 is 1.91 bits per heavy atom. The van der Waals surface area contributed by atoms with E-state index in [0.29, 0.717) is 16.8 Å². The molecule has 0 aliphatic heterocycles. The average molecular weight is 303 g/mol. The fourth-order valence-electron chi connectivity index (χ4n) is 2.25. The maximum atomic E-state index is 14.5. The van der Waals surface area contributed by atoms with E-state index in [1.807, 2.05) is 33.8 Å². The number of fused-ring (bicyclic) bond motifs is 1. The number of hydrogen-bond acceptors (Lipinski definition) is 3. The number of pyridine rings is 1. The molecule has 3 nitrogen and oxygen atoms in total. The van der Waals surface area contributed by atoms with Crippen molar-refractivity contribution in [3.63, 3.8) is 0 Å². The number of rotatable bonds is 2. The summed E-state index contributed by atoms with van der Waals surface area (Å²) in [5.41, 5.74) is 2.31. The zero-order chi connectivity index (χ0) is 16.7. The van der Waals surface area contributed by atoms with Crippen molar-refractivity contribution in [2.75, 3.05) is 0 Å². The third kappa shape index (κ3) is 2.96. The third-order valence-electron chi connectivity index (χ3n) is 3.84. The van der Waals surface area contributed by atoms with Crippen molar-refractivity contribution in [1.82, 2.24) is 4.98 Å². The van der Waals surface area contributed by atoms with Crippen molar-refractivity contribution in [1.29, 1.82) is 0 Å². The number of carbonyl (C=O) groups excluding carboxylic acids is 1. The van der Waals surface area contributed by atoms with Gasteiger partial charge in [-0.15, -0.1) is 0 Å². The molecule has 0 fully saturated rings. The first-order valence-corrected chi connectivity index (χ1v) is 7.46. The quantitative estimate of drug-likeness (QED) is 0.761. The van der Waals surface area contributed by atoms with Crippen molar-refractivity contribution in [3.05, 3.63) is 34.8 Å². The van der Waals surface area contributed by atoms with Crippen LogP contribution in [0.15, 0.2) is 12.1 Å². The zero-order valence-corrected chi connectivity index (χ0v) is 14.0. The first-order valence-electron chi connectivity index (χ1n) is 7.46. The Morgan fingerprint density at radius 1 is 1.27 bits per heavy atom. The number of nitrogens with zero attached hydrogens (tertiary/aromatic N) is 1. The molecule has 2 rings (SSSR count). The second kappa shape index (κ2) is 5.67. The predicted octanol–water partition coefficient (Wildman–Crippen LogP) is 4.60. The van der Waals surface area contributed by atoms with Crippen molar-refractivity contribution in [2.24, 2.45) is 0 Å². The molecule has 0 N–H and O–H groups in total. The SMILES string of the molecule is CCC(=O)Oc1c(C)c(C)nc2c(F)cc(C(C)(C)C)cc12. The Kier molecular flexibility index (Phi) is 4.23. The van der Waals surface area contributed by atoms with Gasteiger partial charge in [-0.1, -0.05) is 27.7 Å². The summed E-state index contributed by atoms with van der Waals surface area (Å²) < 4.78 is 20.0. The second-order valence-corrected chi connectivity index (χ2v) is 6.58. The lowest BCUT2D eigenvalue weighted by Crippen LogP contribution is -2.13. The predicted molar refractivity (Wildman–Crippen MR) is 85.8 cm³/mol. The highest BCUT2D eigenvalue weighted by atomic mass is 19.1. The Hall–Kier alpha value is -1.97. The van der Waals surface area contributed by atoms with Crippen LogP contribution >= 0.6 is 0 Å². The van der Waals surface area contributed by atoms with Gasteiger partial charge in [0.1, 0.15) is 17.1 Å². The van der Waals surface area contributed by atoms with Gasteiger partial charge in [-0.05, 0) is 37.0 Å². The van der Waals surface area contributed by atoms with E-state index in [4.69, 9.17) is 4.74 Å². The molecule has 0 radical (unpaired) electrons. The number of aromatic nitrogens is 1. The van der Waals surface area contributed by atoms with Crippen LogP contribution in [-0.4, -0.2) is 11.0 Å². The van der Waals surface area contributed by atoms with Gasteiger partial charge in [-0.25, -0.2) is 9.37 Å². The normalized spacial score (nSPS) is 11.8. The molecule has 1 aromatic carbocycles. The van der Waals surface area contributed by atoms with Crippen LogP contribution in [0.3, 0.4) is 0 Å². The number of esters is 1. The number of halogens is 1. The Morgan fingerprint density at radius 3 is 2.45 bits per heavy atom. The van der Waals surface area contributed by atoms with Crippen LogP contribution in [0.25, 0.3) is 10.9 Å². The summed E-state index contributed by atoms with van der Waals surface area (Å²) in [4.78, 5) is 16.0. The summed E-state index contributed by atoms with van der Waals surface area (Å²) >= 11 is 0. The molecular formula is C18H22FNO2. The number of benzene rings is 1. The van der Waals surface area contributed by atoms with Gasteiger partial charge < -0.3 is 4.74 Å². The van der Waals surface area contributed by atoms with Gasteiger partial charge in [-0.2, -0.15) is 0 Å². The number of ether oxygens (including phenoxy) is 1. The van der Waals surface area contributed by atoms with E-state index in [2.05, 4.69) is 4.98 Å². The van der Waals surface area contributed by atoms with E-state index >= 15 is 0 Å². The van der Waals surface area contributed by atoms with E-state index in [1.165, 1.54) is 6.07 Å². The molecule has 118 valence electrons. The van der Waals surface area contributed by atoms with E-state index in [-0.39, 0.29) is 29.1 Å². The number of aryl methyl sites for hydroxylation is 1.